The molecule has 3 N–H and O–H groups in total. The fourth-order valence-corrected chi connectivity index (χ4v) is 2.41. The van der Waals surface area contributed by atoms with Crippen molar-refractivity contribution >= 4 is 15.7 Å². The Morgan fingerprint density at radius 1 is 1.29 bits per heavy atom. The molecule has 1 unspecified atom stereocenters. The Kier molecular flexibility index (Phi) is 6.80. The highest BCUT2D eigenvalue weighted by molar-refractivity contribution is 7.90. The van der Waals surface area contributed by atoms with Crippen LogP contribution >= 0.6 is 0 Å². The van der Waals surface area contributed by atoms with Crippen LogP contribution in [0.4, 0.5) is 0 Å². The summed E-state index contributed by atoms with van der Waals surface area (Å²) >= 11 is 0. The molecule has 0 fully saturated rings. The maximum atomic E-state index is 11.3. The first-order valence-corrected chi connectivity index (χ1v) is 8.69. The van der Waals surface area contributed by atoms with Crippen molar-refractivity contribution in [1.82, 2.24) is 10.6 Å². The molecule has 1 rings (SSSR count). The average molecular weight is 314 g/mol. The lowest BCUT2D eigenvalue weighted by Crippen LogP contribution is -2.29. The number of nitrogens with one attached hydrogen (secondary N) is 2. The summed E-state index contributed by atoms with van der Waals surface area (Å²) in [5, 5.41) is 15.6. The Labute approximate surface area is 125 Å². The van der Waals surface area contributed by atoms with Gasteiger partial charge in [-0.3, -0.25) is 4.79 Å². The smallest absolute Gasteiger partial charge is 0.221 e. The monoisotopic (exact) mass is 314 g/mol. The van der Waals surface area contributed by atoms with E-state index in [1.165, 1.54) is 12.1 Å². The Hall–Kier alpha value is -1.44. The molecule has 118 valence electrons. The summed E-state index contributed by atoms with van der Waals surface area (Å²) in [7, 11) is -3.22. The predicted molar refractivity (Wildman–Crippen MR) is 80.7 cm³/mol. The normalized spacial score (nSPS) is 12.9. The third-order valence-electron chi connectivity index (χ3n) is 2.93. The molecule has 0 saturated heterocycles. The summed E-state index contributed by atoms with van der Waals surface area (Å²) in [5.41, 5.74) is 0.632. The van der Waals surface area contributed by atoms with Gasteiger partial charge in [0.05, 0.1) is 11.0 Å². The van der Waals surface area contributed by atoms with Crippen LogP contribution in [-0.2, 0) is 14.6 Å². The van der Waals surface area contributed by atoms with Crippen LogP contribution in [-0.4, -0.2) is 45.3 Å². The van der Waals surface area contributed by atoms with Crippen molar-refractivity contribution in [3.63, 3.8) is 0 Å². The maximum Gasteiger partial charge on any atom is 0.221 e. The zero-order valence-corrected chi connectivity index (χ0v) is 13.1. The SMILES string of the molecule is CCNC(=O)CCNCC(O)c1ccc(S(C)(=O)=O)cc1. The molecule has 7 heteroatoms. The second-order valence-corrected chi connectivity index (χ2v) is 6.78. The molecular weight excluding hydrogens is 292 g/mol. The van der Waals surface area contributed by atoms with Gasteiger partial charge in [-0.25, -0.2) is 8.42 Å². The number of carbonyl (C=O) groups excluding carboxylic acids is 1. The standard InChI is InChI=1S/C14H22N2O4S/c1-3-16-14(18)8-9-15-10-13(17)11-4-6-12(7-5-11)21(2,19)20/h4-7,13,15,17H,3,8-10H2,1-2H3,(H,16,18). The summed E-state index contributed by atoms with van der Waals surface area (Å²) in [6.45, 7) is 3.24. The van der Waals surface area contributed by atoms with Gasteiger partial charge in [0.1, 0.15) is 0 Å². The van der Waals surface area contributed by atoms with E-state index >= 15 is 0 Å². The Morgan fingerprint density at radius 3 is 2.43 bits per heavy atom. The molecule has 1 aromatic carbocycles. The first kappa shape index (κ1) is 17.6. The molecular formula is C14H22N2O4S. The minimum atomic E-state index is -3.22. The summed E-state index contributed by atoms with van der Waals surface area (Å²) in [6, 6.07) is 6.13. The highest BCUT2D eigenvalue weighted by Gasteiger charge is 2.10. The number of amides is 1. The molecule has 1 atom stereocenters. The van der Waals surface area contributed by atoms with Gasteiger partial charge < -0.3 is 15.7 Å². The molecule has 0 radical (unpaired) electrons. The molecule has 0 aliphatic rings. The lowest BCUT2D eigenvalue weighted by molar-refractivity contribution is -0.120. The van der Waals surface area contributed by atoms with E-state index in [0.29, 0.717) is 31.6 Å². The van der Waals surface area contributed by atoms with Gasteiger partial charge in [-0.2, -0.15) is 0 Å². The van der Waals surface area contributed by atoms with Crippen LogP contribution in [0.2, 0.25) is 0 Å². The number of sulfone groups is 1. The largest absolute Gasteiger partial charge is 0.387 e. The summed E-state index contributed by atoms with van der Waals surface area (Å²) in [4.78, 5) is 11.4. The van der Waals surface area contributed by atoms with E-state index in [1.807, 2.05) is 6.92 Å². The number of benzene rings is 1. The highest BCUT2D eigenvalue weighted by Crippen LogP contribution is 2.15. The maximum absolute atomic E-state index is 11.3. The number of hydrogen-bond acceptors (Lipinski definition) is 5. The zero-order chi connectivity index (χ0) is 15.9. The van der Waals surface area contributed by atoms with Crippen molar-refractivity contribution in [2.24, 2.45) is 0 Å². The van der Waals surface area contributed by atoms with E-state index in [0.717, 1.165) is 6.26 Å². The lowest BCUT2D eigenvalue weighted by Gasteiger charge is -2.12. The van der Waals surface area contributed by atoms with Crippen LogP contribution in [0.25, 0.3) is 0 Å². The molecule has 0 spiro atoms. The quantitative estimate of drug-likeness (QED) is 0.597. The van der Waals surface area contributed by atoms with E-state index in [-0.39, 0.29) is 10.8 Å². The molecule has 0 bridgehead atoms. The van der Waals surface area contributed by atoms with Crippen molar-refractivity contribution in [2.75, 3.05) is 25.9 Å². The lowest BCUT2D eigenvalue weighted by atomic mass is 10.1. The number of rotatable bonds is 8. The summed E-state index contributed by atoms with van der Waals surface area (Å²) in [6.07, 6.45) is 0.752. The van der Waals surface area contributed by atoms with Gasteiger partial charge in [0.15, 0.2) is 9.84 Å². The number of hydrogen-bond donors (Lipinski definition) is 3. The molecule has 21 heavy (non-hydrogen) atoms. The van der Waals surface area contributed by atoms with Crippen molar-refractivity contribution in [3.8, 4) is 0 Å². The molecule has 6 nitrogen and oxygen atoms in total. The fourth-order valence-electron chi connectivity index (χ4n) is 1.78. The molecule has 1 amide bonds. The average Bonchev–Trinajstić information content (AvgIpc) is 2.43. The highest BCUT2D eigenvalue weighted by atomic mass is 32.2. The van der Waals surface area contributed by atoms with Crippen LogP contribution in [0, 0.1) is 0 Å². The van der Waals surface area contributed by atoms with Crippen LogP contribution < -0.4 is 10.6 Å². The van der Waals surface area contributed by atoms with Crippen molar-refractivity contribution in [1.29, 1.82) is 0 Å². The van der Waals surface area contributed by atoms with E-state index in [4.69, 9.17) is 0 Å². The topological polar surface area (TPSA) is 95.5 Å². The fraction of sp³-hybridized carbons (Fsp3) is 0.500. The summed E-state index contributed by atoms with van der Waals surface area (Å²) in [5.74, 6) is -0.0306. The van der Waals surface area contributed by atoms with Gasteiger partial charge in [0.25, 0.3) is 0 Å². The zero-order valence-electron chi connectivity index (χ0n) is 12.3. The minimum absolute atomic E-state index is 0.0306. The third-order valence-corrected chi connectivity index (χ3v) is 4.06. The van der Waals surface area contributed by atoms with Crippen molar-refractivity contribution in [3.05, 3.63) is 29.8 Å². The Bertz CT molecular complexity index is 555. The van der Waals surface area contributed by atoms with Crippen LogP contribution in [0.1, 0.15) is 25.0 Å². The predicted octanol–water partition coefficient (Wildman–Crippen LogP) is 0.239. The Morgan fingerprint density at radius 2 is 1.90 bits per heavy atom. The second-order valence-electron chi connectivity index (χ2n) is 4.76. The molecule has 0 saturated carbocycles. The molecule has 0 aliphatic heterocycles. The van der Waals surface area contributed by atoms with Crippen molar-refractivity contribution < 1.29 is 18.3 Å². The first-order chi connectivity index (χ1) is 9.84. The van der Waals surface area contributed by atoms with Gasteiger partial charge in [0.2, 0.25) is 5.91 Å². The van der Waals surface area contributed by atoms with Crippen LogP contribution in [0.5, 0.6) is 0 Å². The molecule has 1 aromatic rings. The summed E-state index contributed by atoms with van der Waals surface area (Å²) < 4.78 is 22.7. The second kappa shape index (κ2) is 8.11. The van der Waals surface area contributed by atoms with E-state index in [2.05, 4.69) is 10.6 Å². The Balaban J connectivity index is 2.42. The molecule has 0 aromatic heterocycles. The van der Waals surface area contributed by atoms with Crippen molar-refractivity contribution in [2.45, 2.75) is 24.3 Å². The van der Waals surface area contributed by atoms with Gasteiger partial charge in [0, 0.05) is 32.3 Å². The first-order valence-electron chi connectivity index (χ1n) is 6.80. The van der Waals surface area contributed by atoms with Gasteiger partial charge in [-0.1, -0.05) is 12.1 Å². The van der Waals surface area contributed by atoms with Crippen LogP contribution in [0.3, 0.4) is 0 Å². The number of carbonyl (C=O) groups is 1. The van der Waals surface area contributed by atoms with E-state index < -0.39 is 15.9 Å². The number of aliphatic hydroxyl groups is 1. The van der Waals surface area contributed by atoms with E-state index in [9.17, 15) is 18.3 Å². The third kappa shape index (κ3) is 6.24. The van der Waals surface area contributed by atoms with Gasteiger partial charge >= 0.3 is 0 Å². The van der Waals surface area contributed by atoms with E-state index in [1.54, 1.807) is 12.1 Å². The van der Waals surface area contributed by atoms with Gasteiger partial charge in [-0.15, -0.1) is 0 Å². The minimum Gasteiger partial charge on any atom is -0.387 e. The molecule has 0 heterocycles. The molecule has 0 aliphatic carbocycles. The van der Waals surface area contributed by atoms with Crippen LogP contribution in [0.15, 0.2) is 29.2 Å². The van der Waals surface area contributed by atoms with Gasteiger partial charge in [-0.05, 0) is 24.6 Å². The number of aliphatic hydroxyl groups excluding tert-OH is 1.